The van der Waals surface area contributed by atoms with Crippen molar-refractivity contribution in [2.75, 3.05) is 45.9 Å². The maximum Gasteiger partial charge on any atom is 0.266 e. The first-order valence-electron chi connectivity index (χ1n) is 9.43. The van der Waals surface area contributed by atoms with Gasteiger partial charge in [-0.3, -0.25) is 9.69 Å². The van der Waals surface area contributed by atoms with E-state index in [2.05, 4.69) is 21.7 Å². The zero-order valence-electron chi connectivity index (χ0n) is 16.0. The Labute approximate surface area is 160 Å². The predicted octanol–water partition coefficient (Wildman–Crippen LogP) is 2.24. The van der Waals surface area contributed by atoms with Gasteiger partial charge in [-0.2, -0.15) is 5.26 Å². The van der Waals surface area contributed by atoms with Crippen LogP contribution in [0.1, 0.15) is 18.2 Å². The molecule has 0 saturated carbocycles. The number of likely N-dealkylation sites (N-methyl/N-ethyl adjacent to an activating group) is 1. The lowest BCUT2D eigenvalue weighted by Gasteiger charge is -2.33. The summed E-state index contributed by atoms with van der Waals surface area (Å²) in [6, 6.07) is 11.4. The van der Waals surface area contributed by atoms with Gasteiger partial charge in [0.2, 0.25) is 0 Å². The standard InChI is InChI=1S/C21H26N4O2/c1-3-24-8-10-25(11-9-24)12-13-27-20-7-5-4-6-17(20)18-14-16(2)23-21(26)19(18)15-22/h4-7,14H,3,8-13H2,1-2H3,(H,23,26). The van der Waals surface area contributed by atoms with Gasteiger partial charge in [0.05, 0.1) is 0 Å². The van der Waals surface area contributed by atoms with Crippen molar-refractivity contribution in [3.63, 3.8) is 0 Å². The van der Waals surface area contributed by atoms with E-state index in [9.17, 15) is 10.1 Å². The number of hydrogen-bond acceptors (Lipinski definition) is 5. The number of piperazine rings is 1. The maximum atomic E-state index is 12.1. The Morgan fingerprint density at radius 3 is 2.56 bits per heavy atom. The molecule has 0 radical (unpaired) electrons. The molecule has 27 heavy (non-hydrogen) atoms. The average molecular weight is 366 g/mol. The van der Waals surface area contributed by atoms with E-state index in [-0.39, 0.29) is 11.1 Å². The smallest absolute Gasteiger partial charge is 0.266 e. The summed E-state index contributed by atoms with van der Waals surface area (Å²) in [4.78, 5) is 19.7. The number of pyridine rings is 1. The molecule has 1 aromatic heterocycles. The molecule has 3 rings (SSSR count). The molecule has 0 amide bonds. The number of ether oxygens (including phenoxy) is 1. The van der Waals surface area contributed by atoms with Crippen LogP contribution in [-0.2, 0) is 0 Å². The van der Waals surface area contributed by atoms with E-state index in [0.717, 1.165) is 50.5 Å². The average Bonchev–Trinajstić information content (AvgIpc) is 2.68. The molecular formula is C21H26N4O2. The fourth-order valence-corrected chi connectivity index (χ4v) is 3.44. The minimum absolute atomic E-state index is 0.118. The van der Waals surface area contributed by atoms with Gasteiger partial charge in [-0.25, -0.2) is 0 Å². The Morgan fingerprint density at radius 2 is 1.85 bits per heavy atom. The highest BCUT2D eigenvalue weighted by molar-refractivity contribution is 5.75. The third kappa shape index (κ3) is 4.57. The number of nitrogens with one attached hydrogen (secondary N) is 1. The van der Waals surface area contributed by atoms with E-state index < -0.39 is 0 Å². The summed E-state index contributed by atoms with van der Waals surface area (Å²) in [6.45, 7) is 10.9. The molecule has 0 aliphatic carbocycles. The molecule has 1 aromatic carbocycles. The molecule has 2 heterocycles. The minimum atomic E-state index is -0.365. The first-order chi connectivity index (χ1) is 13.1. The second kappa shape index (κ2) is 8.85. The molecule has 1 fully saturated rings. The number of aromatic amines is 1. The summed E-state index contributed by atoms with van der Waals surface area (Å²) in [5.74, 6) is 0.700. The summed E-state index contributed by atoms with van der Waals surface area (Å²) in [7, 11) is 0. The Bertz CT molecular complexity index is 876. The second-order valence-electron chi connectivity index (χ2n) is 6.80. The first kappa shape index (κ1) is 19.2. The van der Waals surface area contributed by atoms with Crippen LogP contribution in [0.25, 0.3) is 11.1 Å². The van der Waals surface area contributed by atoms with Gasteiger partial charge in [0.1, 0.15) is 24.0 Å². The maximum absolute atomic E-state index is 12.1. The summed E-state index contributed by atoms with van der Waals surface area (Å²) < 4.78 is 6.05. The number of hydrogen-bond donors (Lipinski definition) is 1. The van der Waals surface area contributed by atoms with Gasteiger partial charge >= 0.3 is 0 Å². The second-order valence-corrected chi connectivity index (χ2v) is 6.80. The molecule has 1 aliphatic rings. The van der Waals surface area contributed by atoms with E-state index in [4.69, 9.17) is 4.74 Å². The van der Waals surface area contributed by atoms with Gasteiger partial charge in [-0.05, 0) is 25.6 Å². The predicted molar refractivity (Wildman–Crippen MR) is 106 cm³/mol. The van der Waals surface area contributed by atoms with E-state index in [1.54, 1.807) is 0 Å². The monoisotopic (exact) mass is 366 g/mol. The van der Waals surface area contributed by atoms with Gasteiger partial charge in [0, 0.05) is 49.5 Å². The highest BCUT2D eigenvalue weighted by Crippen LogP contribution is 2.31. The number of aromatic nitrogens is 1. The lowest BCUT2D eigenvalue weighted by molar-refractivity contribution is 0.121. The number of para-hydroxylation sites is 1. The molecule has 1 aliphatic heterocycles. The highest BCUT2D eigenvalue weighted by Gasteiger charge is 2.17. The fraction of sp³-hybridized carbons (Fsp3) is 0.429. The summed E-state index contributed by atoms with van der Waals surface area (Å²) >= 11 is 0. The van der Waals surface area contributed by atoms with Crippen LogP contribution in [0.15, 0.2) is 35.1 Å². The van der Waals surface area contributed by atoms with Crippen molar-refractivity contribution in [1.29, 1.82) is 5.26 Å². The number of aryl methyl sites for hydroxylation is 1. The summed E-state index contributed by atoms with van der Waals surface area (Å²) in [5.41, 5.74) is 1.87. The van der Waals surface area contributed by atoms with E-state index >= 15 is 0 Å². The molecule has 0 unspecified atom stereocenters. The molecule has 6 heteroatoms. The SMILES string of the molecule is CCN1CCN(CCOc2ccccc2-c2cc(C)[nH]c(=O)c2C#N)CC1. The van der Waals surface area contributed by atoms with E-state index in [0.29, 0.717) is 17.9 Å². The normalized spacial score (nSPS) is 15.4. The van der Waals surface area contributed by atoms with Crippen LogP contribution in [0, 0.1) is 18.3 Å². The van der Waals surface area contributed by atoms with Crippen LogP contribution in [0.4, 0.5) is 0 Å². The van der Waals surface area contributed by atoms with Crippen molar-refractivity contribution in [3.8, 4) is 22.9 Å². The van der Waals surface area contributed by atoms with E-state index in [1.807, 2.05) is 43.3 Å². The Kier molecular flexibility index (Phi) is 6.28. The van der Waals surface area contributed by atoms with Gasteiger partial charge in [-0.15, -0.1) is 0 Å². The molecule has 2 aromatic rings. The fourth-order valence-electron chi connectivity index (χ4n) is 3.44. The zero-order chi connectivity index (χ0) is 19.2. The number of benzene rings is 1. The van der Waals surface area contributed by atoms with Gasteiger partial charge in [0.25, 0.3) is 5.56 Å². The number of nitriles is 1. The quantitative estimate of drug-likeness (QED) is 0.849. The van der Waals surface area contributed by atoms with Crippen molar-refractivity contribution in [1.82, 2.24) is 14.8 Å². The van der Waals surface area contributed by atoms with Crippen molar-refractivity contribution < 1.29 is 4.74 Å². The molecule has 0 bridgehead atoms. The van der Waals surface area contributed by atoms with Gasteiger partial charge in [-0.1, -0.05) is 25.1 Å². The molecule has 1 saturated heterocycles. The third-order valence-electron chi connectivity index (χ3n) is 5.03. The van der Waals surface area contributed by atoms with Crippen LogP contribution >= 0.6 is 0 Å². The highest BCUT2D eigenvalue weighted by atomic mass is 16.5. The Hall–Kier alpha value is -2.62. The lowest BCUT2D eigenvalue weighted by atomic mass is 10.0. The first-order valence-corrected chi connectivity index (χ1v) is 9.43. The number of nitrogens with zero attached hydrogens (tertiary/aromatic N) is 3. The van der Waals surface area contributed by atoms with E-state index in [1.165, 1.54) is 0 Å². The topological polar surface area (TPSA) is 72.4 Å². The molecule has 0 atom stereocenters. The third-order valence-corrected chi connectivity index (χ3v) is 5.03. The van der Waals surface area contributed by atoms with Gasteiger partial charge in [0.15, 0.2) is 0 Å². The molecule has 142 valence electrons. The van der Waals surface area contributed by atoms with Crippen LogP contribution < -0.4 is 10.3 Å². The minimum Gasteiger partial charge on any atom is -0.492 e. The van der Waals surface area contributed by atoms with Crippen molar-refractivity contribution in [3.05, 3.63) is 51.9 Å². The Balaban J connectivity index is 1.73. The van der Waals surface area contributed by atoms with Crippen LogP contribution in [0.3, 0.4) is 0 Å². The largest absolute Gasteiger partial charge is 0.492 e. The van der Waals surface area contributed by atoms with Crippen LogP contribution in [0.5, 0.6) is 5.75 Å². The molecule has 1 N–H and O–H groups in total. The van der Waals surface area contributed by atoms with Gasteiger partial charge < -0.3 is 14.6 Å². The number of rotatable bonds is 6. The zero-order valence-corrected chi connectivity index (χ0v) is 16.0. The van der Waals surface area contributed by atoms with Crippen LogP contribution in [-0.4, -0.2) is 60.7 Å². The lowest BCUT2D eigenvalue weighted by Crippen LogP contribution is -2.47. The molecule has 6 nitrogen and oxygen atoms in total. The van der Waals surface area contributed by atoms with Crippen LogP contribution in [0.2, 0.25) is 0 Å². The summed E-state index contributed by atoms with van der Waals surface area (Å²) in [5, 5.41) is 9.41. The van der Waals surface area contributed by atoms with Crippen molar-refractivity contribution >= 4 is 0 Å². The number of H-pyrrole nitrogens is 1. The Morgan fingerprint density at radius 1 is 1.15 bits per heavy atom. The molecular weight excluding hydrogens is 340 g/mol. The van der Waals surface area contributed by atoms with Crippen molar-refractivity contribution in [2.24, 2.45) is 0 Å². The summed E-state index contributed by atoms with van der Waals surface area (Å²) in [6.07, 6.45) is 0. The molecule has 0 spiro atoms. The van der Waals surface area contributed by atoms with Crippen molar-refractivity contribution in [2.45, 2.75) is 13.8 Å².